The maximum atomic E-state index is 12.6. The third-order valence-corrected chi connectivity index (χ3v) is 5.32. The molecule has 2 N–H and O–H groups in total. The first-order valence-corrected chi connectivity index (χ1v) is 8.78. The second-order valence-corrected chi connectivity index (χ2v) is 7.05. The molecule has 23 heavy (non-hydrogen) atoms. The van der Waals surface area contributed by atoms with E-state index in [1.165, 1.54) is 32.1 Å². The molecular weight excluding hydrogens is 288 g/mol. The van der Waals surface area contributed by atoms with Gasteiger partial charge in [-0.15, -0.1) is 0 Å². The van der Waals surface area contributed by atoms with Crippen LogP contribution in [-0.2, 0) is 11.3 Å². The van der Waals surface area contributed by atoms with Gasteiger partial charge in [-0.1, -0.05) is 19.3 Å². The van der Waals surface area contributed by atoms with E-state index in [1.54, 1.807) is 6.20 Å². The van der Waals surface area contributed by atoms with Crippen molar-refractivity contribution in [2.75, 3.05) is 25.5 Å². The fourth-order valence-corrected chi connectivity index (χ4v) is 4.02. The standard InChI is InChI=1S/C18H28N4O/c1-22(2)15-8-10-19-14(11-15)12-21-18(23)17-16-6-4-3-5-13(16)7-9-20-17/h8,10-11,13,16-17,20H,3-7,9,12H2,1-2H3,(H,21,23). The zero-order valence-electron chi connectivity index (χ0n) is 14.2. The van der Waals surface area contributed by atoms with Crippen LogP contribution in [0.15, 0.2) is 18.3 Å². The molecule has 3 rings (SSSR count). The van der Waals surface area contributed by atoms with E-state index in [9.17, 15) is 4.79 Å². The summed E-state index contributed by atoms with van der Waals surface area (Å²) in [6.45, 7) is 1.46. The van der Waals surface area contributed by atoms with Gasteiger partial charge < -0.3 is 15.5 Å². The second kappa shape index (κ2) is 7.30. The van der Waals surface area contributed by atoms with Gasteiger partial charge in [-0.05, 0) is 43.4 Å². The maximum Gasteiger partial charge on any atom is 0.237 e. The number of piperidine rings is 1. The molecule has 126 valence electrons. The van der Waals surface area contributed by atoms with Crippen molar-refractivity contribution in [3.8, 4) is 0 Å². The predicted molar refractivity (Wildman–Crippen MR) is 92.3 cm³/mol. The van der Waals surface area contributed by atoms with Crippen LogP contribution < -0.4 is 15.5 Å². The minimum Gasteiger partial charge on any atom is -0.378 e. The second-order valence-electron chi connectivity index (χ2n) is 7.05. The first-order valence-electron chi connectivity index (χ1n) is 8.78. The molecule has 5 heteroatoms. The van der Waals surface area contributed by atoms with Crippen LogP contribution in [0.1, 0.15) is 37.8 Å². The van der Waals surface area contributed by atoms with Gasteiger partial charge in [0.15, 0.2) is 0 Å². The van der Waals surface area contributed by atoms with Crippen LogP contribution in [-0.4, -0.2) is 37.6 Å². The SMILES string of the molecule is CN(C)c1ccnc(CNC(=O)C2NCCC3CCCCC32)c1. The molecule has 1 aliphatic heterocycles. The Kier molecular flexibility index (Phi) is 5.16. The highest BCUT2D eigenvalue weighted by atomic mass is 16.2. The Hall–Kier alpha value is -1.62. The van der Waals surface area contributed by atoms with Crippen LogP contribution in [0.3, 0.4) is 0 Å². The molecule has 1 saturated carbocycles. The minimum absolute atomic E-state index is 0.0221. The summed E-state index contributed by atoms with van der Waals surface area (Å²) < 4.78 is 0. The summed E-state index contributed by atoms with van der Waals surface area (Å²) in [6, 6.07) is 3.98. The van der Waals surface area contributed by atoms with Crippen molar-refractivity contribution >= 4 is 11.6 Å². The Morgan fingerprint density at radius 1 is 1.35 bits per heavy atom. The molecule has 1 aromatic heterocycles. The molecule has 3 atom stereocenters. The normalized spacial score (nSPS) is 27.1. The Bertz CT molecular complexity index is 544. The van der Waals surface area contributed by atoms with E-state index in [2.05, 4.69) is 15.6 Å². The number of hydrogen-bond donors (Lipinski definition) is 2. The van der Waals surface area contributed by atoms with Gasteiger partial charge in [0.1, 0.15) is 0 Å². The monoisotopic (exact) mass is 316 g/mol. The molecule has 0 aromatic carbocycles. The zero-order valence-corrected chi connectivity index (χ0v) is 14.2. The number of nitrogens with one attached hydrogen (secondary N) is 2. The zero-order chi connectivity index (χ0) is 16.2. The highest BCUT2D eigenvalue weighted by Gasteiger charge is 2.38. The Labute approximate surface area is 138 Å². The smallest absolute Gasteiger partial charge is 0.237 e. The van der Waals surface area contributed by atoms with Crippen LogP contribution in [0.5, 0.6) is 0 Å². The fourth-order valence-electron chi connectivity index (χ4n) is 4.02. The highest BCUT2D eigenvalue weighted by Crippen LogP contribution is 2.36. The van der Waals surface area contributed by atoms with Gasteiger partial charge in [0.2, 0.25) is 5.91 Å². The molecule has 0 radical (unpaired) electrons. The number of carbonyl (C=O) groups excluding carboxylic acids is 1. The van der Waals surface area contributed by atoms with Crippen LogP contribution >= 0.6 is 0 Å². The molecule has 0 spiro atoms. The molecule has 5 nitrogen and oxygen atoms in total. The van der Waals surface area contributed by atoms with Crippen molar-refractivity contribution in [2.24, 2.45) is 11.8 Å². The lowest BCUT2D eigenvalue weighted by Gasteiger charge is -2.41. The Balaban J connectivity index is 1.59. The maximum absolute atomic E-state index is 12.6. The number of aromatic nitrogens is 1. The van der Waals surface area contributed by atoms with E-state index in [0.717, 1.165) is 23.8 Å². The van der Waals surface area contributed by atoms with Crippen LogP contribution in [0.4, 0.5) is 5.69 Å². The van der Waals surface area contributed by atoms with E-state index in [0.29, 0.717) is 12.5 Å². The van der Waals surface area contributed by atoms with Crippen molar-refractivity contribution < 1.29 is 4.79 Å². The molecule has 1 aliphatic carbocycles. The number of rotatable bonds is 4. The van der Waals surface area contributed by atoms with Crippen molar-refractivity contribution in [1.29, 1.82) is 0 Å². The molecular formula is C18H28N4O. The van der Waals surface area contributed by atoms with Crippen molar-refractivity contribution in [1.82, 2.24) is 15.6 Å². The molecule has 3 unspecified atom stereocenters. The number of pyridine rings is 1. The molecule has 2 fully saturated rings. The summed E-state index contributed by atoms with van der Waals surface area (Å²) in [4.78, 5) is 19.0. The van der Waals surface area contributed by atoms with Crippen LogP contribution in [0, 0.1) is 11.8 Å². The molecule has 1 saturated heterocycles. The minimum atomic E-state index is -0.0221. The summed E-state index contributed by atoms with van der Waals surface area (Å²) in [6.07, 6.45) is 8.09. The van der Waals surface area contributed by atoms with E-state index < -0.39 is 0 Å². The van der Waals surface area contributed by atoms with Gasteiger partial charge >= 0.3 is 0 Å². The van der Waals surface area contributed by atoms with Crippen LogP contribution in [0.25, 0.3) is 0 Å². The van der Waals surface area contributed by atoms with Crippen molar-refractivity contribution in [3.05, 3.63) is 24.0 Å². The topological polar surface area (TPSA) is 57.3 Å². The average Bonchev–Trinajstić information content (AvgIpc) is 2.59. The lowest BCUT2D eigenvalue weighted by molar-refractivity contribution is -0.126. The molecule has 0 bridgehead atoms. The molecule has 2 aliphatic rings. The molecule has 1 amide bonds. The van der Waals surface area contributed by atoms with Gasteiger partial charge in [-0.25, -0.2) is 0 Å². The number of fused-ring (bicyclic) bond motifs is 1. The Morgan fingerprint density at radius 3 is 3.00 bits per heavy atom. The van der Waals surface area contributed by atoms with E-state index in [1.807, 2.05) is 31.1 Å². The molecule has 1 aromatic rings. The van der Waals surface area contributed by atoms with Gasteiger partial charge in [0.25, 0.3) is 0 Å². The quantitative estimate of drug-likeness (QED) is 0.891. The number of amides is 1. The number of anilines is 1. The molecule has 2 heterocycles. The first-order chi connectivity index (χ1) is 11.1. The van der Waals surface area contributed by atoms with Gasteiger partial charge in [0, 0.05) is 26.0 Å². The average molecular weight is 316 g/mol. The summed E-state index contributed by atoms with van der Waals surface area (Å²) in [5.74, 6) is 1.38. The largest absolute Gasteiger partial charge is 0.378 e. The predicted octanol–water partition coefficient (Wildman–Crippen LogP) is 1.93. The van der Waals surface area contributed by atoms with Crippen LogP contribution in [0.2, 0.25) is 0 Å². The third kappa shape index (κ3) is 3.83. The Morgan fingerprint density at radius 2 is 2.17 bits per heavy atom. The fraction of sp³-hybridized carbons (Fsp3) is 0.667. The van der Waals surface area contributed by atoms with E-state index in [4.69, 9.17) is 0 Å². The lowest BCUT2D eigenvalue weighted by atomic mass is 9.71. The lowest BCUT2D eigenvalue weighted by Crippen LogP contribution is -2.55. The summed E-state index contributed by atoms with van der Waals surface area (Å²) in [5, 5.41) is 6.53. The van der Waals surface area contributed by atoms with Gasteiger partial charge in [0.05, 0.1) is 18.3 Å². The van der Waals surface area contributed by atoms with Crippen molar-refractivity contribution in [3.63, 3.8) is 0 Å². The highest BCUT2D eigenvalue weighted by molar-refractivity contribution is 5.82. The number of carbonyl (C=O) groups is 1. The summed E-state index contributed by atoms with van der Waals surface area (Å²) >= 11 is 0. The third-order valence-electron chi connectivity index (χ3n) is 5.32. The van der Waals surface area contributed by atoms with Gasteiger partial charge in [-0.2, -0.15) is 0 Å². The van der Waals surface area contributed by atoms with Gasteiger partial charge in [-0.3, -0.25) is 9.78 Å². The number of nitrogens with zero attached hydrogens (tertiary/aromatic N) is 2. The summed E-state index contributed by atoms with van der Waals surface area (Å²) in [7, 11) is 4.01. The first kappa shape index (κ1) is 16.2. The van der Waals surface area contributed by atoms with E-state index >= 15 is 0 Å². The van der Waals surface area contributed by atoms with E-state index in [-0.39, 0.29) is 11.9 Å². The summed E-state index contributed by atoms with van der Waals surface area (Å²) in [5.41, 5.74) is 2.01. The van der Waals surface area contributed by atoms with Crippen molar-refractivity contribution in [2.45, 2.75) is 44.7 Å². The number of hydrogen-bond acceptors (Lipinski definition) is 4.